The largest absolute Gasteiger partial charge is 0.391 e. The second kappa shape index (κ2) is 9.14. The summed E-state index contributed by atoms with van der Waals surface area (Å²) in [4.78, 5) is 33.5. The molecule has 11 heteroatoms. The topological polar surface area (TPSA) is 130 Å². The first-order chi connectivity index (χ1) is 14.8. The molecular formula is C20H16BF2N5O3. The van der Waals surface area contributed by atoms with E-state index in [1.807, 2.05) is 7.85 Å². The van der Waals surface area contributed by atoms with Crippen molar-refractivity contribution in [3.8, 4) is 0 Å². The SMILES string of the molecule is Bc1ccc(NC(=O)c2cc(F)c(F)cc2NC(=O)c2ccc(C(=N)ON)cc2)nc1. The lowest BCUT2D eigenvalue weighted by Gasteiger charge is -2.12. The molecule has 0 saturated carbocycles. The van der Waals surface area contributed by atoms with E-state index >= 15 is 0 Å². The van der Waals surface area contributed by atoms with Gasteiger partial charge in [0.05, 0.1) is 11.3 Å². The summed E-state index contributed by atoms with van der Waals surface area (Å²) in [6.45, 7) is 0. The number of anilines is 2. The van der Waals surface area contributed by atoms with E-state index in [-0.39, 0.29) is 28.5 Å². The van der Waals surface area contributed by atoms with Gasteiger partial charge in [-0.1, -0.05) is 11.5 Å². The Morgan fingerprint density at radius 3 is 2.23 bits per heavy atom. The average molecular weight is 423 g/mol. The highest BCUT2D eigenvalue weighted by Crippen LogP contribution is 2.22. The van der Waals surface area contributed by atoms with Crippen molar-refractivity contribution in [3.63, 3.8) is 0 Å². The van der Waals surface area contributed by atoms with Crippen LogP contribution in [0, 0.1) is 17.0 Å². The van der Waals surface area contributed by atoms with Gasteiger partial charge in [0.15, 0.2) is 11.6 Å². The van der Waals surface area contributed by atoms with Crippen LogP contribution >= 0.6 is 0 Å². The predicted octanol–water partition coefficient (Wildman–Crippen LogP) is 1.34. The molecule has 0 spiro atoms. The summed E-state index contributed by atoms with van der Waals surface area (Å²) in [7, 11) is 1.82. The Kier molecular flexibility index (Phi) is 6.36. The number of aromatic nitrogens is 1. The number of benzene rings is 2. The van der Waals surface area contributed by atoms with Gasteiger partial charge in [-0.2, -0.15) is 5.90 Å². The average Bonchev–Trinajstić information content (AvgIpc) is 2.77. The van der Waals surface area contributed by atoms with Crippen molar-refractivity contribution in [2.45, 2.75) is 0 Å². The number of nitrogens with one attached hydrogen (secondary N) is 3. The number of rotatable bonds is 5. The lowest BCUT2D eigenvalue weighted by molar-refractivity contribution is 0.102. The van der Waals surface area contributed by atoms with E-state index < -0.39 is 23.4 Å². The number of hydrogen-bond acceptors (Lipinski definition) is 6. The molecule has 8 nitrogen and oxygen atoms in total. The van der Waals surface area contributed by atoms with Gasteiger partial charge in [-0.15, -0.1) is 0 Å². The number of hydrogen-bond donors (Lipinski definition) is 4. The van der Waals surface area contributed by atoms with Crippen LogP contribution in [0.2, 0.25) is 0 Å². The molecule has 31 heavy (non-hydrogen) atoms. The second-order valence-corrected chi connectivity index (χ2v) is 6.47. The van der Waals surface area contributed by atoms with Gasteiger partial charge in [0.2, 0.25) is 5.90 Å². The van der Waals surface area contributed by atoms with E-state index in [1.54, 1.807) is 12.1 Å². The molecule has 1 heterocycles. The first-order valence-corrected chi connectivity index (χ1v) is 8.88. The highest BCUT2D eigenvalue weighted by atomic mass is 19.2. The first-order valence-electron chi connectivity index (χ1n) is 8.88. The Bertz CT molecular complexity index is 1150. The van der Waals surface area contributed by atoms with Crippen molar-refractivity contribution in [3.05, 3.63) is 83.1 Å². The summed E-state index contributed by atoms with van der Waals surface area (Å²) in [5.41, 5.74) is 0.834. The third-order valence-electron chi connectivity index (χ3n) is 4.23. The predicted molar refractivity (Wildman–Crippen MR) is 113 cm³/mol. The normalized spacial score (nSPS) is 10.3. The lowest BCUT2D eigenvalue weighted by Crippen LogP contribution is -2.20. The zero-order valence-corrected chi connectivity index (χ0v) is 16.2. The molecule has 0 unspecified atom stereocenters. The van der Waals surface area contributed by atoms with Gasteiger partial charge in [-0.05, 0) is 36.4 Å². The molecule has 0 fully saturated rings. The minimum atomic E-state index is -1.25. The maximum absolute atomic E-state index is 13.8. The lowest BCUT2D eigenvalue weighted by atomic mass is 9.99. The molecule has 1 aromatic heterocycles. The van der Waals surface area contributed by atoms with E-state index in [2.05, 4.69) is 20.5 Å². The number of carbonyl (C=O) groups excluding carboxylic acids is 2. The van der Waals surface area contributed by atoms with Crippen molar-refractivity contribution in [1.82, 2.24) is 4.98 Å². The maximum atomic E-state index is 13.8. The third kappa shape index (κ3) is 5.09. The molecular weight excluding hydrogens is 407 g/mol. The second-order valence-electron chi connectivity index (χ2n) is 6.47. The summed E-state index contributed by atoms with van der Waals surface area (Å²) >= 11 is 0. The van der Waals surface area contributed by atoms with E-state index in [0.29, 0.717) is 11.6 Å². The van der Waals surface area contributed by atoms with Crippen LogP contribution in [-0.4, -0.2) is 30.5 Å². The molecule has 0 radical (unpaired) electrons. The quantitative estimate of drug-likeness (QED) is 0.213. The number of pyridine rings is 1. The van der Waals surface area contributed by atoms with Gasteiger partial charge in [0.25, 0.3) is 11.8 Å². The maximum Gasteiger partial charge on any atom is 0.259 e. The fraction of sp³-hybridized carbons (Fsp3) is 0. The number of nitrogens with zero attached hydrogens (tertiary/aromatic N) is 1. The number of amides is 2. The summed E-state index contributed by atoms with van der Waals surface area (Å²) in [6.07, 6.45) is 1.53. The molecule has 2 amide bonds. The van der Waals surface area contributed by atoms with Gasteiger partial charge in [0.1, 0.15) is 13.7 Å². The zero-order valence-electron chi connectivity index (χ0n) is 16.2. The van der Waals surface area contributed by atoms with E-state index in [4.69, 9.17) is 11.3 Å². The molecule has 0 aliphatic rings. The Balaban J connectivity index is 1.85. The Hall–Kier alpha value is -4.12. The van der Waals surface area contributed by atoms with Crippen LogP contribution in [-0.2, 0) is 4.84 Å². The van der Waals surface area contributed by atoms with Crippen LogP contribution in [0.25, 0.3) is 0 Å². The Labute approximate surface area is 176 Å². The fourth-order valence-corrected chi connectivity index (χ4v) is 2.60. The Morgan fingerprint density at radius 2 is 1.61 bits per heavy atom. The van der Waals surface area contributed by atoms with Crippen LogP contribution in [0.3, 0.4) is 0 Å². The summed E-state index contributed by atoms with van der Waals surface area (Å²) in [6, 6.07) is 10.3. The molecule has 2 aromatic carbocycles. The number of halogens is 2. The number of nitrogens with two attached hydrogens (primary N) is 1. The Morgan fingerprint density at radius 1 is 0.968 bits per heavy atom. The van der Waals surface area contributed by atoms with E-state index in [9.17, 15) is 18.4 Å². The smallest absolute Gasteiger partial charge is 0.259 e. The highest BCUT2D eigenvalue weighted by Gasteiger charge is 2.19. The highest BCUT2D eigenvalue weighted by molar-refractivity contribution is 6.32. The van der Waals surface area contributed by atoms with Crippen LogP contribution in [0.15, 0.2) is 54.7 Å². The third-order valence-corrected chi connectivity index (χ3v) is 4.23. The van der Waals surface area contributed by atoms with Crippen LogP contribution in [0.4, 0.5) is 20.3 Å². The fourth-order valence-electron chi connectivity index (χ4n) is 2.60. The summed E-state index contributed by atoms with van der Waals surface area (Å²) < 4.78 is 27.6. The standard InChI is InChI=1S/C20H16BF2N5O3/c21-12-5-6-17(26-9-12)28-20(30)13-7-14(22)15(23)8-16(13)27-19(29)11-3-1-10(2-4-11)18(24)31-25/h1-9,24H,21,25H2,(H,27,29)(H,26,28,30). The van der Waals surface area contributed by atoms with Crippen molar-refractivity contribution < 1.29 is 23.2 Å². The molecule has 0 bridgehead atoms. The summed E-state index contributed by atoms with van der Waals surface area (Å²) in [5, 5.41) is 12.4. The van der Waals surface area contributed by atoms with Gasteiger partial charge < -0.3 is 15.5 Å². The molecule has 0 aliphatic carbocycles. The minimum absolute atomic E-state index is 0.143. The van der Waals surface area contributed by atoms with Crippen LogP contribution in [0.5, 0.6) is 0 Å². The van der Waals surface area contributed by atoms with Crippen LogP contribution < -0.4 is 22.0 Å². The van der Waals surface area contributed by atoms with Gasteiger partial charge in [-0.25, -0.2) is 13.8 Å². The van der Waals surface area contributed by atoms with Gasteiger partial charge >= 0.3 is 0 Å². The molecule has 0 aliphatic heterocycles. The molecule has 156 valence electrons. The van der Waals surface area contributed by atoms with Gasteiger partial charge in [-0.3, -0.25) is 15.0 Å². The van der Waals surface area contributed by atoms with Crippen LogP contribution in [0.1, 0.15) is 26.3 Å². The molecule has 3 rings (SSSR count). The first kappa shape index (κ1) is 21.6. The van der Waals surface area contributed by atoms with E-state index in [1.165, 1.54) is 30.5 Å². The number of carbonyl (C=O) groups is 2. The van der Waals surface area contributed by atoms with Crippen molar-refractivity contribution in [1.29, 1.82) is 5.41 Å². The monoisotopic (exact) mass is 423 g/mol. The zero-order chi connectivity index (χ0) is 22.5. The summed E-state index contributed by atoms with van der Waals surface area (Å²) in [5.74, 6) is 0.896. The minimum Gasteiger partial charge on any atom is -0.391 e. The van der Waals surface area contributed by atoms with E-state index in [0.717, 1.165) is 11.5 Å². The van der Waals surface area contributed by atoms with Crippen molar-refractivity contribution >= 4 is 42.5 Å². The molecule has 0 atom stereocenters. The molecule has 0 saturated heterocycles. The van der Waals surface area contributed by atoms with Crippen molar-refractivity contribution in [2.75, 3.05) is 10.6 Å². The molecule has 3 aromatic rings. The van der Waals surface area contributed by atoms with Crippen molar-refractivity contribution in [2.24, 2.45) is 5.90 Å². The molecule has 5 N–H and O–H groups in total. The van der Waals surface area contributed by atoms with Gasteiger partial charge in [0, 0.05) is 23.4 Å².